The highest BCUT2D eigenvalue weighted by Crippen LogP contribution is 2.19. The molecule has 1 atom stereocenters. The third kappa shape index (κ3) is 5.54. The first-order valence-electron chi connectivity index (χ1n) is 7.91. The standard InChI is InChI=1S/C18H19BrN2O5S/c1-12(17(22)21(2)3)26-18(23)13-4-8-15(9-5-13)20-27(24,25)16-10-6-14(19)7-11-16/h4-12,20H,1-3H3. The molecule has 0 saturated heterocycles. The van der Waals surface area contributed by atoms with E-state index in [9.17, 15) is 18.0 Å². The molecular weight excluding hydrogens is 436 g/mol. The molecular formula is C18H19BrN2O5S. The van der Waals surface area contributed by atoms with Crippen LogP contribution in [-0.2, 0) is 19.6 Å². The average molecular weight is 455 g/mol. The van der Waals surface area contributed by atoms with E-state index in [1.165, 1.54) is 48.2 Å². The molecule has 0 aliphatic carbocycles. The number of hydrogen-bond donors (Lipinski definition) is 1. The molecule has 27 heavy (non-hydrogen) atoms. The van der Waals surface area contributed by atoms with Gasteiger partial charge < -0.3 is 9.64 Å². The van der Waals surface area contributed by atoms with E-state index in [1.807, 2.05) is 0 Å². The van der Waals surface area contributed by atoms with Crippen LogP contribution in [0.4, 0.5) is 5.69 Å². The molecule has 0 radical (unpaired) electrons. The summed E-state index contributed by atoms with van der Waals surface area (Å²) in [6.07, 6.45) is -0.914. The van der Waals surface area contributed by atoms with Gasteiger partial charge in [0.15, 0.2) is 6.10 Å². The Kier molecular flexibility index (Phi) is 6.61. The van der Waals surface area contributed by atoms with Crippen molar-refractivity contribution in [1.82, 2.24) is 4.90 Å². The molecule has 7 nitrogen and oxygen atoms in total. The highest BCUT2D eigenvalue weighted by molar-refractivity contribution is 9.10. The Morgan fingerprint density at radius 3 is 2.11 bits per heavy atom. The molecule has 0 bridgehead atoms. The molecule has 0 heterocycles. The monoisotopic (exact) mass is 454 g/mol. The van der Waals surface area contributed by atoms with E-state index < -0.39 is 22.1 Å². The van der Waals surface area contributed by atoms with E-state index in [-0.39, 0.29) is 16.4 Å². The van der Waals surface area contributed by atoms with Gasteiger partial charge in [0, 0.05) is 24.3 Å². The van der Waals surface area contributed by atoms with Gasteiger partial charge in [-0.25, -0.2) is 13.2 Å². The van der Waals surface area contributed by atoms with Gasteiger partial charge in [-0.05, 0) is 55.5 Å². The van der Waals surface area contributed by atoms with E-state index in [0.717, 1.165) is 4.47 Å². The molecule has 0 aromatic heterocycles. The van der Waals surface area contributed by atoms with E-state index in [0.29, 0.717) is 5.69 Å². The van der Waals surface area contributed by atoms with Gasteiger partial charge in [-0.15, -0.1) is 0 Å². The highest BCUT2D eigenvalue weighted by atomic mass is 79.9. The lowest BCUT2D eigenvalue weighted by Crippen LogP contribution is -2.34. The number of ether oxygens (including phenoxy) is 1. The van der Waals surface area contributed by atoms with Crippen LogP contribution in [0.15, 0.2) is 57.9 Å². The first-order chi connectivity index (χ1) is 12.6. The van der Waals surface area contributed by atoms with Gasteiger partial charge in [0.05, 0.1) is 10.5 Å². The molecule has 0 aliphatic heterocycles. The zero-order valence-corrected chi connectivity index (χ0v) is 17.4. The topological polar surface area (TPSA) is 92.8 Å². The number of nitrogens with zero attached hydrogens (tertiary/aromatic N) is 1. The summed E-state index contributed by atoms with van der Waals surface area (Å²) >= 11 is 3.25. The van der Waals surface area contributed by atoms with E-state index in [4.69, 9.17) is 4.74 Å². The number of rotatable bonds is 6. The third-order valence-corrected chi connectivity index (χ3v) is 5.49. The molecule has 2 aromatic carbocycles. The Morgan fingerprint density at radius 1 is 1.04 bits per heavy atom. The number of anilines is 1. The Labute approximate surface area is 166 Å². The fourth-order valence-corrected chi connectivity index (χ4v) is 3.47. The second-order valence-electron chi connectivity index (χ2n) is 5.92. The molecule has 0 saturated carbocycles. The number of carbonyl (C=O) groups is 2. The molecule has 144 valence electrons. The summed E-state index contributed by atoms with van der Waals surface area (Å²) in [5.41, 5.74) is 0.506. The van der Waals surface area contributed by atoms with Gasteiger partial charge in [0.1, 0.15) is 0 Å². The van der Waals surface area contributed by atoms with Gasteiger partial charge >= 0.3 is 5.97 Å². The second kappa shape index (κ2) is 8.53. The highest BCUT2D eigenvalue weighted by Gasteiger charge is 2.20. The van der Waals surface area contributed by atoms with Crippen LogP contribution in [0.1, 0.15) is 17.3 Å². The maximum Gasteiger partial charge on any atom is 0.338 e. The van der Waals surface area contributed by atoms with Crippen molar-refractivity contribution >= 4 is 43.5 Å². The smallest absolute Gasteiger partial charge is 0.338 e. The summed E-state index contributed by atoms with van der Waals surface area (Å²) in [6.45, 7) is 1.49. The fraction of sp³-hybridized carbons (Fsp3) is 0.222. The van der Waals surface area contributed by atoms with Gasteiger partial charge in [0.2, 0.25) is 0 Å². The van der Waals surface area contributed by atoms with E-state index in [2.05, 4.69) is 20.7 Å². The quantitative estimate of drug-likeness (QED) is 0.677. The first kappa shape index (κ1) is 20.9. The maximum absolute atomic E-state index is 12.4. The van der Waals surface area contributed by atoms with Crippen molar-refractivity contribution in [3.05, 3.63) is 58.6 Å². The van der Waals surface area contributed by atoms with Crippen molar-refractivity contribution in [2.45, 2.75) is 17.9 Å². The van der Waals surface area contributed by atoms with Crippen molar-refractivity contribution < 1.29 is 22.7 Å². The Morgan fingerprint density at radius 2 is 1.59 bits per heavy atom. The summed E-state index contributed by atoms with van der Waals surface area (Å²) in [4.78, 5) is 25.3. The predicted octanol–water partition coefficient (Wildman–Crippen LogP) is 2.88. The third-order valence-electron chi connectivity index (χ3n) is 3.57. The van der Waals surface area contributed by atoms with Crippen LogP contribution >= 0.6 is 15.9 Å². The molecule has 0 aliphatic rings. The number of esters is 1. The minimum Gasteiger partial charge on any atom is -0.449 e. The lowest BCUT2D eigenvalue weighted by atomic mass is 10.2. The van der Waals surface area contributed by atoms with Crippen molar-refractivity contribution in [2.75, 3.05) is 18.8 Å². The van der Waals surface area contributed by atoms with Gasteiger partial charge in [-0.1, -0.05) is 15.9 Å². The van der Waals surface area contributed by atoms with Crippen LogP contribution in [0.2, 0.25) is 0 Å². The van der Waals surface area contributed by atoms with Gasteiger partial charge in [-0.3, -0.25) is 9.52 Å². The largest absolute Gasteiger partial charge is 0.449 e. The predicted molar refractivity (Wildman–Crippen MR) is 105 cm³/mol. The number of nitrogens with one attached hydrogen (secondary N) is 1. The summed E-state index contributed by atoms with van der Waals surface area (Å²) in [7, 11) is -0.603. The number of sulfonamides is 1. The lowest BCUT2D eigenvalue weighted by Gasteiger charge is -2.17. The summed E-state index contributed by atoms with van der Waals surface area (Å²) in [6, 6.07) is 12.0. The van der Waals surface area contributed by atoms with Crippen LogP contribution in [0.25, 0.3) is 0 Å². The van der Waals surface area contributed by atoms with Crippen LogP contribution in [0, 0.1) is 0 Å². The molecule has 9 heteroatoms. The zero-order chi connectivity index (χ0) is 20.2. The van der Waals surface area contributed by atoms with Crippen LogP contribution in [0.5, 0.6) is 0 Å². The minimum absolute atomic E-state index is 0.116. The summed E-state index contributed by atoms with van der Waals surface area (Å²) in [5, 5.41) is 0. The van der Waals surface area contributed by atoms with E-state index in [1.54, 1.807) is 26.2 Å². The van der Waals surface area contributed by atoms with Crippen molar-refractivity contribution in [1.29, 1.82) is 0 Å². The van der Waals surface area contributed by atoms with Crippen LogP contribution in [0.3, 0.4) is 0 Å². The number of hydrogen-bond acceptors (Lipinski definition) is 5. The lowest BCUT2D eigenvalue weighted by molar-refractivity contribution is -0.137. The second-order valence-corrected chi connectivity index (χ2v) is 8.52. The number of carbonyl (C=O) groups excluding carboxylic acids is 2. The van der Waals surface area contributed by atoms with Crippen LogP contribution < -0.4 is 4.72 Å². The fourth-order valence-electron chi connectivity index (χ4n) is 2.14. The van der Waals surface area contributed by atoms with Crippen molar-refractivity contribution in [3.63, 3.8) is 0 Å². The van der Waals surface area contributed by atoms with Crippen LogP contribution in [-0.4, -0.2) is 45.4 Å². The Bertz CT molecular complexity index is 925. The minimum atomic E-state index is -3.74. The van der Waals surface area contributed by atoms with E-state index >= 15 is 0 Å². The first-order valence-corrected chi connectivity index (χ1v) is 10.2. The number of benzene rings is 2. The number of halogens is 1. The summed E-state index contributed by atoms with van der Waals surface area (Å²) in [5.74, 6) is -0.998. The Balaban J connectivity index is 2.07. The van der Waals surface area contributed by atoms with Gasteiger partial charge in [-0.2, -0.15) is 0 Å². The maximum atomic E-state index is 12.4. The average Bonchev–Trinajstić information content (AvgIpc) is 2.61. The molecule has 1 N–H and O–H groups in total. The van der Waals surface area contributed by atoms with Gasteiger partial charge in [0.25, 0.3) is 15.9 Å². The molecule has 1 amide bonds. The molecule has 1 unspecified atom stereocenters. The van der Waals surface area contributed by atoms with Crippen molar-refractivity contribution in [2.24, 2.45) is 0 Å². The molecule has 0 fully saturated rings. The number of amides is 1. The Hall–Kier alpha value is -2.39. The molecule has 2 rings (SSSR count). The van der Waals surface area contributed by atoms with Crippen molar-refractivity contribution in [3.8, 4) is 0 Å². The normalized spacial score (nSPS) is 12.1. The number of likely N-dealkylation sites (N-methyl/N-ethyl adjacent to an activating group) is 1. The zero-order valence-electron chi connectivity index (χ0n) is 15.0. The molecule has 0 spiro atoms. The molecule has 2 aromatic rings. The summed E-state index contributed by atoms with van der Waals surface area (Å²) < 4.78 is 33.0. The SMILES string of the molecule is CC(OC(=O)c1ccc(NS(=O)(=O)c2ccc(Br)cc2)cc1)C(=O)N(C)C.